The average Bonchev–Trinajstić information content (AvgIpc) is 2.09. The first-order chi connectivity index (χ1) is 7.33. The number of thiol groups is 1. The third kappa shape index (κ3) is 4.31. The molecule has 0 aliphatic carbocycles. The minimum Gasteiger partial charge on any atom is -0.367 e. The summed E-state index contributed by atoms with van der Waals surface area (Å²) < 4.78 is 22.0. The highest BCUT2D eigenvalue weighted by Gasteiger charge is 2.58. The molecule has 5 N–H and O–H groups in total. The van der Waals surface area contributed by atoms with Gasteiger partial charge in [0.15, 0.2) is 0 Å². The van der Waals surface area contributed by atoms with E-state index in [1.54, 1.807) is 6.92 Å². The predicted octanol–water partition coefficient (Wildman–Crippen LogP) is -0.414. The van der Waals surface area contributed by atoms with E-state index < -0.39 is 26.7 Å². The number of rotatable bonds is 6. The molecule has 104 valence electrons. The Morgan fingerprint density at radius 2 is 1.59 bits per heavy atom. The van der Waals surface area contributed by atoms with Crippen molar-refractivity contribution < 1.29 is 33.8 Å². The van der Waals surface area contributed by atoms with E-state index in [0.717, 1.165) is 0 Å². The Bertz CT molecular complexity index is 328. The van der Waals surface area contributed by atoms with E-state index in [1.807, 2.05) is 0 Å². The normalized spacial score (nSPS) is 16.3. The highest BCUT2D eigenvalue weighted by molar-refractivity contribution is 7.80. The van der Waals surface area contributed by atoms with Gasteiger partial charge in [-0.3, -0.25) is 14.0 Å². The molecule has 0 radical (unpaired) electrons. The van der Waals surface area contributed by atoms with Crippen LogP contribution in [0.2, 0.25) is 0 Å². The number of hydrogen-bond acceptors (Lipinski definition) is 5. The molecule has 0 aliphatic rings. The van der Waals surface area contributed by atoms with Gasteiger partial charge in [0.25, 0.3) is 5.08 Å². The van der Waals surface area contributed by atoms with E-state index in [9.17, 15) is 14.2 Å². The Labute approximate surface area is 104 Å². The highest BCUT2D eigenvalue weighted by Crippen LogP contribution is 2.68. The average molecular weight is 309 g/mol. The van der Waals surface area contributed by atoms with Crippen molar-refractivity contribution in [2.24, 2.45) is 0 Å². The molecule has 1 atom stereocenters. The molecule has 0 amide bonds. The van der Waals surface area contributed by atoms with Crippen LogP contribution in [0.25, 0.3) is 0 Å². The minimum atomic E-state index is -5.35. The molecule has 17 heavy (non-hydrogen) atoms. The Kier molecular flexibility index (Phi) is 5.88. The van der Waals surface area contributed by atoms with E-state index in [0.29, 0.717) is 0 Å². The van der Waals surface area contributed by atoms with Crippen LogP contribution < -0.4 is 0 Å². The van der Waals surface area contributed by atoms with Crippen LogP contribution in [0.4, 0.5) is 0 Å². The lowest BCUT2D eigenvalue weighted by molar-refractivity contribution is 0.111. The fraction of sp³-hybridized carbons (Fsp3) is 1.00. The first-order valence-corrected chi connectivity index (χ1v) is 8.29. The second-order valence-corrected chi connectivity index (χ2v) is 8.48. The molecule has 0 aromatic carbocycles. The van der Waals surface area contributed by atoms with E-state index >= 15 is 0 Å². The van der Waals surface area contributed by atoms with Crippen LogP contribution in [0.5, 0.6) is 0 Å². The molecule has 0 bridgehead atoms. The molecular formula is C6H17NO7P2S. The molecular weight excluding hydrogens is 292 g/mol. The van der Waals surface area contributed by atoms with Gasteiger partial charge in [-0.2, -0.15) is 12.6 Å². The summed E-state index contributed by atoms with van der Waals surface area (Å²) >= 11 is 4.02. The summed E-state index contributed by atoms with van der Waals surface area (Å²) in [5.41, 5.74) is 0. The summed E-state index contributed by atoms with van der Waals surface area (Å²) in [6, 6.07) is 0. The van der Waals surface area contributed by atoms with Gasteiger partial charge in [-0.15, -0.1) is 0 Å². The number of hydrogen-bond donors (Lipinski definition) is 6. The lowest BCUT2D eigenvalue weighted by Gasteiger charge is -2.31. The summed E-state index contributed by atoms with van der Waals surface area (Å²) in [7, 11) is -9.17. The molecule has 0 aliphatic heterocycles. The van der Waals surface area contributed by atoms with E-state index in [4.69, 9.17) is 19.6 Å². The maximum Gasteiger partial charge on any atom is 0.369 e. The zero-order chi connectivity index (χ0) is 14.1. The van der Waals surface area contributed by atoms with Crippen molar-refractivity contribution in [1.29, 1.82) is 0 Å². The Morgan fingerprint density at radius 3 is 1.82 bits per heavy atom. The smallest absolute Gasteiger partial charge is 0.367 e. The molecule has 0 aromatic heterocycles. The summed E-state index contributed by atoms with van der Waals surface area (Å²) in [5.74, 6) is 0. The topological polar surface area (TPSA) is 139 Å². The second-order valence-electron chi connectivity index (χ2n) is 3.72. The first kappa shape index (κ1) is 17.6. The number of nitrogens with zero attached hydrogens (tertiary/aromatic N) is 1. The van der Waals surface area contributed by atoms with Crippen LogP contribution in [0.3, 0.4) is 0 Å². The monoisotopic (exact) mass is 309 g/mol. The molecule has 8 nitrogen and oxygen atoms in total. The molecule has 0 heterocycles. The van der Waals surface area contributed by atoms with Crippen LogP contribution in [0.15, 0.2) is 0 Å². The van der Waals surface area contributed by atoms with E-state index in [-0.39, 0.29) is 11.9 Å². The van der Waals surface area contributed by atoms with Gasteiger partial charge in [0, 0.05) is 18.3 Å². The van der Waals surface area contributed by atoms with Crippen LogP contribution in [0, 0.1) is 0 Å². The van der Waals surface area contributed by atoms with Crippen molar-refractivity contribution in [1.82, 2.24) is 4.90 Å². The second kappa shape index (κ2) is 5.69. The summed E-state index contributed by atoms with van der Waals surface area (Å²) in [5, 5.41) is 5.90. The lowest BCUT2D eigenvalue weighted by Crippen LogP contribution is -2.35. The lowest BCUT2D eigenvalue weighted by atomic mass is 10.4. The van der Waals surface area contributed by atoms with Gasteiger partial charge in [0.1, 0.15) is 0 Å². The van der Waals surface area contributed by atoms with Crippen LogP contribution in [0.1, 0.15) is 13.3 Å². The summed E-state index contributed by atoms with van der Waals surface area (Å²) in [4.78, 5) is 36.9. The maximum absolute atomic E-state index is 11.0. The van der Waals surface area contributed by atoms with Crippen molar-refractivity contribution in [2.45, 2.75) is 23.8 Å². The van der Waals surface area contributed by atoms with Crippen molar-refractivity contribution in [3.05, 3.63) is 0 Å². The quantitative estimate of drug-likeness (QED) is 0.221. The Balaban J connectivity index is 5.02. The molecule has 0 spiro atoms. The summed E-state index contributed by atoms with van der Waals surface area (Å²) in [6.07, 6.45) is -0.761. The van der Waals surface area contributed by atoms with Crippen molar-refractivity contribution in [2.75, 3.05) is 13.6 Å². The maximum atomic E-state index is 11.0. The van der Waals surface area contributed by atoms with E-state index in [1.165, 1.54) is 11.9 Å². The van der Waals surface area contributed by atoms with Gasteiger partial charge in [-0.05, 0) is 14.0 Å². The Morgan fingerprint density at radius 1 is 1.24 bits per heavy atom. The Hall–Kier alpha value is 0.570. The first-order valence-electron chi connectivity index (χ1n) is 4.55. The fourth-order valence-electron chi connectivity index (χ4n) is 0.974. The standard InChI is InChI=1S/C6H17NO7P2S/c1-5(17)7(2)4-3-6(8,15(9,10)11)16(12,13)14/h5,8,17H,3-4H2,1-2H3,(H2,9,10,11)(H2,12,13,14)/t5-/m0/s1. The van der Waals surface area contributed by atoms with Crippen molar-refractivity contribution in [3.8, 4) is 0 Å². The van der Waals surface area contributed by atoms with E-state index in [2.05, 4.69) is 12.6 Å². The highest BCUT2D eigenvalue weighted by atomic mass is 32.1. The molecule has 0 unspecified atom stereocenters. The fourth-order valence-corrected chi connectivity index (χ4v) is 3.23. The molecule has 0 rings (SSSR count). The SMILES string of the molecule is C[C@H](S)N(C)CCC(O)(P(=O)(O)O)P(=O)(O)O. The van der Waals surface area contributed by atoms with Gasteiger partial charge < -0.3 is 24.7 Å². The third-order valence-corrected chi connectivity index (χ3v) is 6.64. The van der Waals surface area contributed by atoms with Crippen molar-refractivity contribution >= 4 is 27.8 Å². The van der Waals surface area contributed by atoms with Crippen molar-refractivity contribution in [3.63, 3.8) is 0 Å². The van der Waals surface area contributed by atoms with Gasteiger partial charge in [-0.1, -0.05) is 0 Å². The molecule has 11 heteroatoms. The largest absolute Gasteiger partial charge is 0.369 e. The van der Waals surface area contributed by atoms with Gasteiger partial charge >= 0.3 is 15.2 Å². The molecule has 0 saturated heterocycles. The van der Waals surface area contributed by atoms with Crippen LogP contribution in [-0.2, 0) is 9.13 Å². The van der Waals surface area contributed by atoms with Crippen LogP contribution in [-0.4, -0.2) is 53.6 Å². The number of aliphatic hydroxyl groups is 1. The third-order valence-electron chi connectivity index (χ3n) is 2.37. The molecule has 0 saturated carbocycles. The molecule has 0 fully saturated rings. The van der Waals surface area contributed by atoms with Gasteiger partial charge in [0.2, 0.25) is 0 Å². The zero-order valence-electron chi connectivity index (χ0n) is 9.33. The zero-order valence-corrected chi connectivity index (χ0v) is 12.0. The van der Waals surface area contributed by atoms with Crippen LogP contribution >= 0.6 is 27.8 Å². The van der Waals surface area contributed by atoms with Gasteiger partial charge in [-0.25, -0.2) is 0 Å². The molecule has 0 aromatic rings. The van der Waals surface area contributed by atoms with Gasteiger partial charge in [0.05, 0.1) is 0 Å². The summed E-state index contributed by atoms with van der Waals surface area (Å²) in [6.45, 7) is 1.54. The minimum absolute atomic E-state index is 0.128. The predicted molar refractivity (Wildman–Crippen MR) is 64.7 cm³/mol.